The maximum Gasteiger partial charge on any atom is 0.248 e. The van der Waals surface area contributed by atoms with E-state index in [-0.39, 0.29) is 29.6 Å². The minimum atomic E-state index is -2.46. The van der Waals surface area contributed by atoms with E-state index in [0.29, 0.717) is 30.6 Å². The Hall–Kier alpha value is -0.620. The third-order valence-corrected chi connectivity index (χ3v) is 9.03. The number of hydrogen-bond acceptors (Lipinski definition) is 1. The van der Waals surface area contributed by atoms with Crippen LogP contribution in [0.2, 0.25) is 0 Å². The molecule has 1 N–H and O–H groups in total. The molecular formula is C21H30F2O. The molecule has 0 amide bonds. The minimum Gasteiger partial charge on any atom is -0.377 e. The molecule has 0 bridgehead atoms. The summed E-state index contributed by atoms with van der Waals surface area (Å²) >= 11 is 0. The van der Waals surface area contributed by atoms with Gasteiger partial charge in [0.25, 0.3) is 0 Å². The van der Waals surface area contributed by atoms with Crippen molar-refractivity contribution in [3.8, 4) is 12.3 Å². The first-order valence-electron chi connectivity index (χ1n) is 9.73. The summed E-state index contributed by atoms with van der Waals surface area (Å²) in [6.45, 7) is 4.47. The van der Waals surface area contributed by atoms with Gasteiger partial charge in [-0.25, -0.2) is 8.78 Å². The fourth-order valence-corrected chi connectivity index (χ4v) is 7.43. The highest BCUT2D eigenvalue weighted by Gasteiger charge is 2.65. The molecule has 0 aromatic rings. The van der Waals surface area contributed by atoms with Gasteiger partial charge in [0.15, 0.2) is 0 Å². The number of alkyl halides is 2. The molecule has 7 atom stereocenters. The van der Waals surface area contributed by atoms with Crippen molar-refractivity contribution >= 4 is 0 Å². The molecule has 0 spiro atoms. The first-order chi connectivity index (χ1) is 11.2. The van der Waals surface area contributed by atoms with Crippen LogP contribution < -0.4 is 0 Å². The van der Waals surface area contributed by atoms with Crippen molar-refractivity contribution in [3.05, 3.63) is 0 Å². The Morgan fingerprint density at radius 3 is 2.38 bits per heavy atom. The molecule has 0 saturated heterocycles. The Morgan fingerprint density at radius 2 is 1.67 bits per heavy atom. The highest BCUT2D eigenvalue weighted by molar-refractivity contribution is 5.23. The van der Waals surface area contributed by atoms with E-state index in [1.807, 2.05) is 0 Å². The average Bonchev–Trinajstić information content (AvgIpc) is 2.80. The summed E-state index contributed by atoms with van der Waals surface area (Å²) in [5.74, 6) is 1.96. The Balaban J connectivity index is 1.64. The summed E-state index contributed by atoms with van der Waals surface area (Å²) in [7, 11) is 0. The van der Waals surface area contributed by atoms with Crippen LogP contribution >= 0.6 is 0 Å². The summed E-state index contributed by atoms with van der Waals surface area (Å²) in [4.78, 5) is 0. The van der Waals surface area contributed by atoms with Gasteiger partial charge in [-0.2, -0.15) is 0 Å². The lowest BCUT2D eigenvalue weighted by molar-refractivity contribution is -0.171. The van der Waals surface area contributed by atoms with Crippen LogP contribution in [0.4, 0.5) is 8.78 Å². The third kappa shape index (κ3) is 2.02. The number of fused-ring (bicyclic) bond motifs is 5. The van der Waals surface area contributed by atoms with Gasteiger partial charge < -0.3 is 5.11 Å². The number of rotatable bonds is 0. The van der Waals surface area contributed by atoms with Gasteiger partial charge in [-0.05, 0) is 74.0 Å². The fraction of sp³-hybridized carbons (Fsp3) is 0.905. The molecule has 134 valence electrons. The largest absolute Gasteiger partial charge is 0.377 e. The lowest BCUT2D eigenvalue weighted by Crippen LogP contribution is -2.57. The standard InChI is InChI=1S/C21H30F2O/c1-4-20(24)10-8-17-15-6-5-14-13-21(22,23)12-11-18(14,2)16(15)7-9-19(17,20)3/h1,14-17,24H,5-13H2,2-3H3/t14-,15-,16+,17+,18+,19+,20+/m1/s1. The molecule has 0 heterocycles. The fourth-order valence-electron chi connectivity index (χ4n) is 7.43. The zero-order valence-electron chi connectivity index (χ0n) is 15.0. The summed E-state index contributed by atoms with van der Waals surface area (Å²) in [5, 5.41) is 11.0. The molecule has 4 aliphatic rings. The van der Waals surface area contributed by atoms with Gasteiger partial charge in [0.2, 0.25) is 5.92 Å². The molecule has 4 saturated carbocycles. The van der Waals surface area contributed by atoms with Crippen LogP contribution in [0.3, 0.4) is 0 Å². The van der Waals surface area contributed by atoms with Crippen molar-refractivity contribution in [2.24, 2.45) is 34.5 Å². The van der Waals surface area contributed by atoms with Crippen molar-refractivity contribution < 1.29 is 13.9 Å². The second-order valence-corrected chi connectivity index (χ2v) is 9.72. The van der Waals surface area contributed by atoms with Crippen LogP contribution in [-0.4, -0.2) is 16.6 Å². The van der Waals surface area contributed by atoms with Gasteiger partial charge in [0.05, 0.1) is 0 Å². The van der Waals surface area contributed by atoms with E-state index in [4.69, 9.17) is 6.42 Å². The predicted octanol–water partition coefficient (Wildman–Crippen LogP) is 5.03. The average molecular weight is 336 g/mol. The highest BCUT2D eigenvalue weighted by Crippen LogP contribution is 2.68. The van der Waals surface area contributed by atoms with Gasteiger partial charge in [-0.1, -0.05) is 19.8 Å². The molecule has 4 fully saturated rings. The quantitative estimate of drug-likeness (QED) is 0.615. The van der Waals surface area contributed by atoms with Gasteiger partial charge in [0.1, 0.15) is 5.60 Å². The third-order valence-electron chi connectivity index (χ3n) is 9.03. The molecular weight excluding hydrogens is 306 g/mol. The first kappa shape index (κ1) is 16.8. The van der Waals surface area contributed by atoms with Crippen molar-refractivity contribution in [1.29, 1.82) is 0 Å². The Bertz CT molecular complexity index is 581. The van der Waals surface area contributed by atoms with Crippen LogP contribution in [0.1, 0.15) is 71.6 Å². The SMILES string of the molecule is C#C[C@]1(O)CC[C@H]2[C@@H]3CC[C@@H]4CC(F)(F)CC[C@]4(C)[C@H]3CC[C@@]21C. The lowest BCUT2D eigenvalue weighted by Gasteiger charge is -2.61. The number of halogens is 2. The Morgan fingerprint density at radius 1 is 0.958 bits per heavy atom. The summed E-state index contributed by atoms with van der Waals surface area (Å²) in [6.07, 6.45) is 12.2. The molecule has 0 unspecified atom stereocenters. The molecule has 0 aromatic carbocycles. The van der Waals surface area contributed by atoms with E-state index in [2.05, 4.69) is 19.8 Å². The van der Waals surface area contributed by atoms with E-state index in [1.165, 1.54) is 0 Å². The number of hydrogen-bond donors (Lipinski definition) is 1. The second kappa shape index (κ2) is 4.97. The van der Waals surface area contributed by atoms with Crippen LogP contribution in [-0.2, 0) is 0 Å². The lowest BCUT2D eigenvalue weighted by atomic mass is 9.44. The van der Waals surface area contributed by atoms with E-state index in [1.54, 1.807) is 0 Å². The number of terminal acetylenes is 1. The van der Waals surface area contributed by atoms with Crippen molar-refractivity contribution in [2.45, 2.75) is 83.2 Å². The Labute approximate surface area is 144 Å². The topological polar surface area (TPSA) is 20.2 Å². The van der Waals surface area contributed by atoms with Gasteiger partial charge >= 0.3 is 0 Å². The van der Waals surface area contributed by atoms with E-state index in [9.17, 15) is 13.9 Å². The summed E-state index contributed by atoms with van der Waals surface area (Å²) in [6, 6.07) is 0. The molecule has 1 nitrogen and oxygen atoms in total. The summed E-state index contributed by atoms with van der Waals surface area (Å²) < 4.78 is 27.9. The van der Waals surface area contributed by atoms with Crippen LogP contribution in [0.15, 0.2) is 0 Å². The van der Waals surface area contributed by atoms with Crippen LogP contribution in [0, 0.1) is 46.8 Å². The molecule has 4 rings (SSSR count). The van der Waals surface area contributed by atoms with Gasteiger partial charge in [-0.3, -0.25) is 0 Å². The van der Waals surface area contributed by atoms with E-state index in [0.717, 1.165) is 32.1 Å². The predicted molar refractivity (Wildman–Crippen MR) is 90.5 cm³/mol. The van der Waals surface area contributed by atoms with Gasteiger partial charge in [0, 0.05) is 18.3 Å². The highest BCUT2D eigenvalue weighted by atomic mass is 19.3. The maximum absolute atomic E-state index is 13.9. The molecule has 0 aliphatic heterocycles. The van der Waals surface area contributed by atoms with E-state index < -0.39 is 11.5 Å². The van der Waals surface area contributed by atoms with Crippen LogP contribution in [0.25, 0.3) is 0 Å². The molecule has 3 heteroatoms. The minimum absolute atomic E-state index is 0.0550. The molecule has 0 aromatic heterocycles. The molecule has 4 aliphatic carbocycles. The first-order valence-corrected chi connectivity index (χ1v) is 9.73. The van der Waals surface area contributed by atoms with E-state index >= 15 is 0 Å². The van der Waals surface area contributed by atoms with Crippen molar-refractivity contribution in [1.82, 2.24) is 0 Å². The van der Waals surface area contributed by atoms with Crippen LogP contribution in [0.5, 0.6) is 0 Å². The van der Waals surface area contributed by atoms with Crippen molar-refractivity contribution in [2.75, 3.05) is 0 Å². The molecule has 24 heavy (non-hydrogen) atoms. The monoisotopic (exact) mass is 336 g/mol. The molecule has 0 radical (unpaired) electrons. The van der Waals surface area contributed by atoms with Crippen molar-refractivity contribution in [3.63, 3.8) is 0 Å². The zero-order chi connectivity index (χ0) is 17.4. The Kier molecular flexibility index (Phi) is 3.48. The summed E-state index contributed by atoms with van der Waals surface area (Å²) in [5.41, 5.74) is -1.10. The smallest absolute Gasteiger partial charge is 0.248 e. The zero-order valence-corrected chi connectivity index (χ0v) is 15.0. The van der Waals surface area contributed by atoms with Gasteiger partial charge in [-0.15, -0.1) is 6.42 Å². The second-order valence-electron chi connectivity index (χ2n) is 9.72. The number of aliphatic hydroxyl groups is 1. The maximum atomic E-state index is 13.9. The normalized spacial score (nSPS) is 55.8.